The van der Waals surface area contributed by atoms with E-state index >= 15 is 0 Å². The summed E-state index contributed by atoms with van der Waals surface area (Å²) in [7, 11) is 0. The Balaban J connectivity index is 2.88. The maximum absolute atomic E-state index is 12.9. The topological polar surface area (TPSA) is 60.2 Å². The molecule has 0 aromatic heterocycles. The Labute approximate surface area is 172 Å². The number of quaternary nitrogens is 1. The van der Waals surface area contributed by atoms with Gasteiger partial charge in [-0.3, -0.25) is 14.9 Å². The van der Waals surface area contributed by atoms with Gasteiger partial charge in [-0.15, -0.1) is 0 Å². The number of carbonyl (C=O) groups is 1. The molecule has 1 aromatic rings. The largest absolute Gasteiger partial charge is 0.318 e. The number of non-ortho nitro benzene ring substituents is 1. The Morgan fingerprint density at radius 2 is 1.74 bits per heavy atom. The first-order valence-corrected chi connectivity index (χ1v) is 11.1. The number of likely N-dealkylation sites (N-methyl/N-ethyl adjacent to an activating group) is 1. The van der Waals surface area contributed by atoms with Crippen LogP contribution in [0.15, 0.2) is 12.1 Å². The van der Waals surface area contributed by atoms with Crippen LogP contribution in [0.4, 0.5) is 5.69 Å². The van der Waals surface area contributed by atoms with Crippen molar-refractivity contribution in [2.75, 3.05) is 31.5 Å². The van der Waals surface area contributed by atoms with E-state index in [0.29, 0.717) is 13.0 Å². The number of carbonyl (C=O) groups excluding carboxylic acids is 1. The molecule has 0 N–H and O–H groups in total. The molecule has 0 radical (unpaired) electrons. The number of ketones is 1. The van der Waals surface area contributed by atoms with E-state index in [1.807, 2.05) is 13.8 Å². The van der Waals surface area contributed by atoms with Crippen molar-refractivity contribution in [2.45, 2.75) is 59.8 Å². The Morgan fingerprint density at radius 1 is 1.11 bits per heavy atom. The van der Waals surface area contributed by atoms with Crippen LogP contribution < -0.4 is 0 Å². The van der Waals surface area contributed by atoms with Crippen LogP contribution in [0.5, 0.6) is 0 Å². The summed E-state index contributed by atoms with van der Waals surface area (Å²) in [5.74, 6) is 0.228. The molecule has 1 unspecified atom stereocenters. The zero-order valence-electron chi connectivity index (χ0n) is 17.2. The third kappa shape index (κ3) is 7.34. The highest BCUT2D eigenvalue weighted by Crippen LogP contribution is 2.23. The van der Waals surface area contributed by atoms with Gasteiger partial charge >= 0.3 is 0 Å². The van der Waals surface area contributed by atoms with Gasteiger partial charge in [-0.2, -0.15) is 0 Å². The van der Waals surface area contributed by atoms with E-state index in [1.54, 1.807) is 12.1 Å². The van der Waals surface area contributed by atoms with Crippen molar-refractivity contribution in [1.29, 1.82) is 0 Å². The number of hydrogen-bond acceptors (Lipinski definition) is 3. The van der Waals surface area contributed by atoms with Crippen LogP contribution in [0.25, 0.3) is 0 Å². The number of halogens is 1. The van der Waals surface area contributed by atoms with Crippen LogP contribution in [0.2, 0.25) is 0 Å². The standard InChI is InChI=1S/C21H34BrN2O3/c1-5-11-24(6-2,12-9-7-8-10-22)16-20(25)15-21-17(3)13-19(23(26)27)14-18(21)4/h13-14H,5-12,15-16H2,1-4H3/q+1. The molecule has 5 nitrogen and oxygen atoms in total. The van der Waals surface area contributed by atoms with E-state index < -0.39 is 0 Å². The molecule has 0 fully saturated rings. The number of hydrogen-bond donors (Lipinski definition) is 0. The number of aryl methyl sites for hydroxylation is 2. The maximum Gasteiger partial charge on any atom is 0.269 e. The lowest BCUT2D eigenvalue weighted by molar-refractivity contribution is -0.919. The highest BCUT2D eigenvalue weighted by molar-refractivity contribution is 9.09. The van der Waals surface area contributed by atoms with Gasteiger partial charge in [0.15, 0.2) is 5.78 Å². The van der Waals surface area contributed by atoms with Crippen molar-refractivity contribution < 1.29 is 14.2 Å². The fraction of sp³-hybridized carbons (Fsp3) is 0.667. The number of Topliss-reactive ketones (excluding diaryl/α,β-unsaturated/α-hetero) is 1. The fourth-order valence-corrected chi connectivity index (χ4v) is 4.27. The molecule has 1 rings (SSSR count). The Bertz CT molecular complexity index is 625. The number of alkyl halides is 1. The first-order chi connectivity index (χ1) is 12.8. The molecule has 0 spiro atoms. The molecule has 0 saturated carbocycles. The van der Waals surface area contributed by atoms with Gasteiger partial charge in [-0.25, -0.2) is 0 Å². The van der Waals surface area contributed by atoms with Crippen LogP contribution in [0.3, 0.4) is 0 Å². The summed E-state index contributed by atoms with van der Waals surface area (Å²) in [4.78, 5) is 23.6. The number of nitro groups is 1. The second kappa shape index (κ2) is 11.5. The molecular weight excluding hydrogens is 408 g/mol. The number of rotatable bonds is 13. The molecule has 0 aliphatic rings. The number of unbranched alkanes of at least 4 members (excludes halogenated alkanes) is 2. The third-order valence-corrected chi connectivity index (χ3v) is 5.97. The zero-order valence-corrected chi connectivity index (χ0v) is 18.8. The summed E-state index contributed by atoms with van der Waals surface area (Å²) in [5.41, 5.74) is 2.70. The van der Waals surface area contributed by atoms with Crippen molar-refractivity contribution in [3.05, 3.63) is 38.9 Å². The van der Waals surface area contributed by atoms with Gasteiger partial charge in [0, 0.05) is 23.9 Å². The minimum absolute atomic E-state index is 0.0951. The van der Waals surface area contributed by atoms with Crippen LogP contribution in [-0.4, -0.2) is 46.7 Å². The summed E-state index contributed by atoms with van der Waals surface area (Å²) in [6, 6.07) is 3.15. The molecule has 0 heterocycles. The van der Waals surface area contributed by atoms with E-state index in [0.717, 1.165) is 59.0 Å². The minimum Gasteiger partial charge on any atom is -0.318 e. The van der Waals surface area contributed by atoms with E-state index in [4.69, 9.17) is 0 Å². The third-order valence-electron chi connectivity index (χ3n) is 5.41. The van der Waals surface area contributed by atoms with Crippen LogP contribution >= 0.6 is 15.9 Å². The molecule has 27 heavy (non-hydrogen) atoms. The number of nitrogens with zero attached hydrogens (tertiary/aromatic N) is 2. The first-order valence-electron chi connectivity index (χ1n) is 9.95. The average Bonchev–Trinajstić information content (AvgIpc) is 2.61. The van der Waals surface area contributed by atoms with Crippen molar-refractivity contribution in [3.63, 3.8) is 0 Å². The van der Waals surface area contributed by atoms with Gasteiger partial charge in [0.1, 0.15) is 6.54 Å². The fourth-order valence-electron chi connectivity index (χ4n) is 3.87. The van der Waals surface area contributed by atoms with E-state index in [9.17, 15) is 14.9 Å². The Kier molecular flexibility index (Phi) is 10.2. The molecule has 1 atom stereocenters. The van der Waals surface area contributed by atoms with Crippen molar-refractivity contribution in [3.8, 4) is 0 Å². The summed E-state index contributed by atoms with van der Waals surface area (Å²) in [6.45, 7) is 11.6. The van der Waals surface area contributed by atoms with Gasteiger partial charge in [-0.05, 0) is 63.1 Å². The van der Waals surface area contributed by atoms with Crippen molar-refractivity contribution in [2.24, 2.45) is 0 Å². The normalized spacial score (nSPS) is 13.4. The molecule has 152 valence electrons. The van der Waals surface area contributed by atoms with Gasteiger partial charge in [-0.1, -0.05) is 22.9 Å². The maximum atomic E-state index is 12.9. The quantitative estimate of drug-likeness (QED) is 0.140. The average molecular weight is 442 g/mol. The monoisotopic (exact) mass is 441 g/mol. The Hall–Kier alpha value is -1.27. The minimum atomic E-state index is -0.376. The van der Waals surface area contributed by atoms with E-state index in [-0.39, 0.29) is 16.4 Å². The summed E-state index contributed by atoms with van der Waals surface area (Å²) < 4.78 is 0.850. The first kappa shape index (κ1) is 23.8. The smallest absolute Gasteiger partial charge is 0.269 e. The molecule has 0 aliphatic carbocycles. The lowest BCUT2D eigenvalue weighted by Gasteiger charge is -2.37. The predicted molar refractivity (Wildman–Crippen MR) is 115 cm³/mol. The van der Waals surface area contributed by atoms with Crippen molar-refractivity contribution >= 4 is 27.4 Å². The second-order valence-electron chi connectivity index (χ2n) is 7.54. The number of benzene rings is 1. The zero-order chi connectivity index (χ0) is 20.4. The van der Waals surface area contributed by atoms with Crippen LogP contribution in [0.1, 0.15) is 56.2 Å². The SMILES string of the molecule is CCC[N+](CC)(CCCCCBr)CC(=O)Cc1c(C)cc([N+](=O)[O-])cc1C. The van der Waals surface area contributed by atoms with Crippen molar-refractivity contribution in [1.82, 2.24) is 0 Å². The van der Waals surface area contributed by atoms with Gasteiger partial charge < -0.3 is 4.48 Å². The highest BCUT2D eigenvalue weighted by Gasteiger charge is 2.28. The highest BCUT2D eigenvalue weighted by atomic mass is 79.9. The summed E-state index contributed by atoms with van der Waals surface area (Å²) >= 11 is 3.48. The molecule has 6 heteroatoms. The molecule has 0 aliphatic heterocycles. The van der Waals surface area contributed by atoms with E-state index in [1.165, 1.54) is 12.8 Å². The second-order valence-corrected chi connectivity index (χ2v) is 8.34. The van der Waals surface area contributed by atoms with Gasteiger partial charge in [0.2, 0.25) is 0 Å². The predicted octanol–water partition coefficient (Wildman–Crippen LogP) is 5.14. The number of nitro benzene ring substituents is 1. The van der Waals surface area contributed by atoms with Gasteiger partial charge in [0.25, 0.3) is 5.69 Å². The lowest BCUT2D eigenvalue weighted by Crippen LogP contribution is -2.52. The summed E-state index contributed by atoms with van der Waals surface area (Å²) in [6.07, 6.45) is 4.92. The van der Waals surface area contributed by atoms with Crippen LogP contribution in [0, 0.1) is 24.0 Å². The Morgan fingerprint density at radius 3 is 2.22 bits per heavy atom. The molecule has 0 amide bonds. The lowest BCUT2D eigenvalue weighted by atomic mass is 9.96. The molecule has 1 aromatic carbocycles. The van der Waals surface area contributed by atoms with Gasteiger partial charge in [0.05, 0.1) is 24.6 Å². The van der Waals surface area contributed by atoms with E-state index in [2.05, 4.69) is 29.8 Å². The van der Waals surface area contributed by atoms with Crippen LogP contribution in [-0.2, 0) is 11.2 Å². The molecule has 0 saturated heterocycles. The summed E-state index contributed by atoms with van der Waals surface area (Å²) in [5, 5.41) is 12.0. The molecule has 0 bridgehead atoms. The molecular formula is C21H34BrN2O3+.